The molecule has 2 aliphatic rings. The van der Waals surface area contributed by atoms with E-state index in [2.05, 4.69) is 31.7 Å². The predicted molar refractivity (Wildman–Crippen MR) is 47.5 cm³/mol. The van der Waals surface area contributed by atoms with Crippen LogP contribution in [-0.4, -0.2) is 22.5 Å². The van der Waals surface area contributed by atoms with Crippen molar-refractivity contribution in [3.63, 3.8) is 0 Å². The van der Waals surface area contributed by atoms with Gasteiger partial charge in [0.05, 0.1) is 12.1 Å². The van der Waals surface area contributed by atoms with Crippen LogP contribution in [0.4, 0.5) is 0 Å². The van der Waals surface area contributed by atoms with Gasteiger partial charge in [0.1, 0.15) is 0 Å². The fraction of sp³-hybridized carbons (Fsp3) is 0.900. The molecule has 0 aromatic carbocycles. The van der Waals surface area contributed by atoms with Gasteiger partial charge in [-0.05, 0) is 39.5 Å². The molecule has 2 nitrogen and oxygen atoms in total. The Labute approximate surface area is 74.2 Å². The fourth-order valence-electron chi connectivity index (χ4n) is 2.54. The maximum absolute atomic E-state index is 8.95. The first-order chi connectivity index (χ1) is 5.54. The number of rotatable bonds is 0. The molecule has 0 amide bonds. The quantitative estimate of drug-likeness (QED) is 0.545. The largest absolute Gasteiger partial charge is 0.280 e. The summed E-state index contributed by atoms with van der Waals surface area (Å²) in [6.07, 6.45) is 2.44. The Kier molecular flexibility index (Phi) is 1.50. The highest BCUT2D eigenvalue weighted by Crippen LogP contribution is 2.50. The third-order valence-corrected chi connectivity index (χ3v) is 3.03. The van der Waals surface area contributed by atoms with Gasteiger partial charge in [0, 0.05) is 11.6 Å². The first-order valence-electron chi connectivity index (χ1n) is 4.72. The van der Waals surface area contributed by atoms with Gasteiger partial charge in [0.25, 0.3) is 0 Å². The summed E-state index contributed by atoms with van der Waals surface area (Å²) >= 11 is 0. The third-order valence-electron chi connectivity index (χ3n) is 3.03. The van der Waals surface area contributed by atoms with Crippen molar-refractivity contribution in [1.82, 2.24) is 4.90 Å². The Bertz CT molecular complexity index is 233. The zero-order valence-corrected chi connectivity index (χ0v) is 8.04. The lowest BCUT2D eigenvalue weighted by Gasteiger charge is -2.36. The van der Waals surface area contributed by atoms with Gasteiger partial charge in [-0.15, -0.1) is 0 Å². The molecule has 3 atom stereocenters. The van der Waals surface area contributed by atoms with Crippen molar-refractivity contribution in [1.29, 1.82) is 5.26 Å². The van der Waals surface area contributed by atoms with Crippen molar-refractivity contribution in [3.8, 4) is 6.07 Å². The lowest BCUT2D eigenvalue weighted by Crippen LogP contribution is -2.46. The minimum Gasteiger partial charge on any atom is -0.280 e. The summed E-state index contributed by atoms with van der Waals surface area (Å²) in [5, 5.41) is 8.95. The molecule has 2 rings (SSSR count). The van der Waals surface area contributed by atoms with Crippen molar-refractivity contribution in [2.24, 2.45) is 5.92 Å². The number of nitrogens with zero attached hydrogens (tertiary/aromatic N) is 2. The van der Waals surface area contributed by atoms with Crippen LogP contribution < -0.4 is 0 Å². The van der Waals surface area contributed by atoms with Crippen molar-refractivity contribution in [3.05, 3.63) is 0 Å². The first kappa shape index (κ1) is 8.07. The van der Waals surface area contributed by atoms with E-state index in [-0.39, 0.29) is 11.6 Å². The van der Waals surface area contributed by atoms with Crippen LogP contribution in [0.15, 0.2) is 0 Å². The number of likely N-dealkylation sites (tertiary alicyclic amines) is 1. The molecule has 1 aliphatic carbocycles. The Balaban J connectivity index is 2.17. The van der Waals surface area contributed by atoms with E-state index in [9.17, 15) is 0 Å². The van der Waals surface area contributed by atoms with Crippen molar-refractivity contribution < 1.29 is 0 Å². The Morgan fingerprint density at radius 2 is 2.00 bits per heavy atom. The second kappa shape index (κ2) is 2.23. The van der Waals surface area contributed by atoms with E-state index in [0.717, 1.165) is 18.4 Å². The molecule has 3 unspecified atom stereocenters. The lowest BCUT2D eigenvalue weighted by atomic mass is 10.0. The van der Waals surface area contributed by atoms with E-state index in [1.807, 2.05) is 0 Å². The van der Waals surface area contributed by atoms with Gasteiger partial charge in [-0.2, -0.15) is 5.26 Å². The molecular formula is C10H16N2. The molecule has 1 saturated heterocycles. The SMILES string of the molecule is CC(C)(C)N1C(C#N)CC2CC21. The van der Waals surface area contributed by atoms with Crippen molar-refractivity contribution in [2.75, 3.05) is 0 Å². The summed E-state index contributed by atoms with van der Waals surface area (Å²) in [6.45, 7) is 6.62. The van der Waals surface area contributed by atoms with Crippen LogP contribution in [-0.2, 0) is 0 Å². The van der Waals surface area contributed by atoms with Gasteiger partial charge >= 0.3 is 0 Å². The second-order valence-corrected chi connectivity index (χ2v) is 5.02. The highest BCUT2D eigenvalue weighted by Gasteiger charge is 2.55. The van der Waals surface area contributed by atoms with E-state index in [0.29, 0.717) is 0 Å². The van der Waals surface area contributed by atoms with Crippen LogP contribution >= 0.6 is 0 Å². The monoisotopic (exact) mass is 164 g/mol. The molecule has 2 heteroatoms. The summed E-state index contributed by atoms with van der Waals surface area (Å²) in [4.78, 5) is 2.40. The number of fused-ring (bicyclic) bond motifs is 1. The summed E-state index contributed by atoms with van der Waals surface area (Å²) in [5.41, 5.74) is 0.177. The van der Waals surface area contributed by atoms with Gasteiger partial charge in [0.2, 0.25) is 0 Å². The summed E-state index contributed by atoms with van der Waals surface area (Å²) in [6, 6.07) is 3.33. The van der Waals surface area contributed by atoms with E-state index in [1.165, 1.54) is 6.42 Å². The molecule has 0 aromatic heterocycles. The topological polar surface area (TPSA) is 27.0 Å². The van der Waals surface area contributed by atoms with Gasteiger partial charge < -0.3 is 0 Å². The first-order valence-corrected chi connectivity index (χ1v) is 4.72. The second-order valence-electron chi connectivity index (χ2n) is 5.02. The van der Waals surface area contributed by atoms with Crippen LogP contribution in [0.3, 0.4) is 0 Å². The smallest absolute Gasteiger partial charge is 0.0987 e. The predicted octanol–water partition coefficient (Wildman–Crippen LogP) is 1.77. The molecule has 0 N–H and O–H groups in total. The van der Waals surface area contributed by atoms with Crippen molar-refractivity contribution >= 4 is 0 Å². The summed E-state index contributed by atoms with van der Waals surface area (Å²) in [7, 11) is 0. The molecule has 1 heterocycles. The van der Waals surface area contributed by atoms with E-state index < -0.39 is 0 Å². The number of nitriles is 1. The molecule has 1 saturated carbocycles. The van der Waals surface area contributed by atoms with E-state index in [1.54, 1.807) is 0 Å². The number of piperidine rings is 1. The summed E-state index contributed by atoms with van der Waals surface area (Å²) < 4.78 is 0. The van der Waals surface area contributed by atoms with Crippen LogP contribution in [0.25, 0.3) is 0 Å². The highest BCUT2D eigenvalue weighted by molar-refractivity contribution is 5.14. The minimum atomic E-state index is 0.177. The van der Waals surface area contributed by atoms with Gasteiger partial charge in [0.15, 0.2) is 0 Å². The van der Waals surface area contributed by atoms with Crippen LogP contribution in [0.1, 0.15) is 33.6 Å². The molecule has 0 bridgehead atoms. The van der Waals surface area contributed by atoms with Gasteiger partial charge in [-0.3, -0.25) is 4.90 Å². The van der Waals surface area contributed by atoms with E-state index >= 15 is 0 Å². The Hall–Kier alpha value is -0.550. The number of hydrogen-bond acceptors (Lipinski definition) is 2. The third kappa shape index (κ3) is 1.04. The highest BCUT2D eigenvalue weighted by atomic mass is 15.3. The Morgan fingerprint density at radius 1 is 1.33 bits per heavy atom. The molecular weight excluding hydrogens is 148 g/mol. The fourth-order valence-corrected chi connectivity index (χ4v) is 2.54. The van der Waals surface area contributed by atoms with Gasteiger partial charge in [-0.1, -0.05) is 0 Å². The zero-order chi connectivity index (χ0) is 8.93. The number of hydrogen-bond donors (Lipinski definition) is 0. The molecule has 0 spiro atoms. The molecule has 12 heavy (non-hydrogen) atoms. The molecule has 0 radical (unpaired) electrons. The summed E-state index contributed by atoms with van der Waals surface area (Å²) in [5.74, 6) is 0.842. The van der Waals surface area contributed by atoms with Crippen molar-refractivity contribution in [2.45, 2.75) is 51.2 Å². The standard InChI is InChI=1S/C10H16N2/c1-10(2,3)12-8(6-11)4-7-5-9(7)12/h7-9H,4-5H2,1-3H3. The average Bonchev–Trinajstić information content (AvgIpc) is 2.58. The zero-order valence-electron chi connectivity index (χ0n) is 8.04. The molecule has 0 aromatic rings. The minimum absolute atomic E-state index is 0.177. The van der Waals surface area contributed by atoms with Crippen LogP contribution in [0.2, 0.25) is 0 Å². The molecule has 2 fully saturated rings. The molecule has 1 aliphatic heterocycles. The average molecular weight is 164 g/mol. The normalized spacial score (nSPS) is 40.7. The lowest BCUT2D eigenvalue weighted by molar-refractivity contribution is 0.121. The van der Waals surface area contributed by atoms with Gasteiger partial charge in [-0.25, -0.2) is 0 Å². The van der Waals surface area contributed by atoms with Crippen LogP contribution in [0, 0.1) is 17.2 Å². The maximum atomic E-state index is 8.95. The molecule has 66 valence electrons. The van der Waals surface area contributed by atoms with Crippen LogP contribution in [0.5, 0.6) is 0 Å². The van der Waals surface area contributed by atoms with E-state index in [4.69, 9.17) is 5.26 Å². The Morgan fingerprint density at radius 3 is 2.42 bits per heavy atom. The maximum Gasteiger partial charge on any atom is 0.0987 e.